The van der Waals surface area contributed by atoms with Crippen molar-refractivity contribution in [1.82, 2.24) is 29.4 Å². The van der Waals surface area contributed by atoms with E-state index >= 15 is 0 Å². The molecule has 0 spiro atoms. The van der Waals surface area contributed by atoms with Gasteiger partial charge in [-0.3, -0.25) is 14.2 Å². The normalized spacial score (nSPS) is 11.0. The Bertz CT molecular complexity index is 1240. The van der Waals surface area contributed by atoms with E-state index in [1.54, 1.807) is 53.9 Å². The van der Waals surface area contributed by atoms with Crippen LogP contribution in [0.25, 0.3) is 16.9 Å². The number of hydrogen-bond acceptors (Lipinski definition) is 5. The fourth-order valence-electron chi connectivity index (χ4n) is 3.22. The van der Waals surface area contributed by atoms with E-state index in [0.717, 1.165) is 11.3 Å². The number of fused-ring (bicyclic) bond motifs is 1. The number of imidazole rings is 1. The molecule has 29 heavy (non-hydrogen) atoms. The topological polar surface area (TPSA) is 94.7 Å². The second-order valence-corrected chi connectivity index (χ2v) is 6.62. The lowest BCUT2D eigenvalue weighted by atomic mass is 10.1. The van der Waals surface area contributed by atoms with E-state index in [4.69, 9.17) is 0 Å². The molecule has 0 aliphatic heterocycles. The monoisotopic (exact) mass is 388 g/mol. The summed E-state index contributed by atoms with van der Waals surface area (Å²) in [6, 6.07) is 7.18. The summed E-state index contributed by atoms with van der Waals surface area (Å²) in [5, 5.41) is 3.28. The Balaban J connectivity index is 1.65. The van der Waals surface area contributed by atoms with E-state index < -0.39 is 5.91 Å². The molecule has 0 aliphatic rings. The number of nitrogens with zero attached hydrogens (tertiary/aromatic N) is 5. The SMILES string of the molecule is CCn1cc(C(=O)NCc2cccnc2-n2ccnc2)c(=O)c2ccc(C)nc21. The molecule has 1 amide bonds. The van der Waals surface area contributed by atoms with Gasteiger partial charge in [-0.2, -0.15) is 0 Å². The fourth-order valence-corrected chi connectivity index (χ4v) is 3.22. The van der Waals surface area contributed by atoms with Crippen LogP contribution in [0.3, 0.4) is 0 Å². The molecule has 1 N–H and O–H groups in total. The standard InChI is InChI=1S/C21H20N6O2/c1-3-26-12-17(18(28)16-7-6-14(2)25-20(16)26)21(29)24-11-15-5-4-8-23-19(15)27-10-9-22-13-27/h4-10,12-13H,3,11H2,1-2H3,(H,24,29). The second kappa shape index (κ2) is 7.67. The molecule has 4 heterocycles. The van der Waals surface area contributed by atoms with Gasteiger partial charge in [0.15, 0.2) is 0 Å². The van der Waals surface area contributed by atoms with Crippen LogP contribution in [0.2, 0.25) is 0 Å². The van der Waals surface area contributed by atoms with E-state index in [1.807, 2.05) is 24.5 Å². The predicted octanol–water partition coefficient (Wildman–Crippen LogP) is 2.24. The van der Waals surface area contributed by atoms with E-state index in [0.29, 0.717) is 23.4 Å². The molecule has 0 aromatic carbocycles. The van der Waals surface area contributed by atoms with Gasteiger partial charge in [0.05, 0.1) is 5.39 Å². The van der Waals surface area contributed by atoms with Gasteiger partial charge in [0, 0.05) is 49.1 Å². The Morgan fingerprint density at radius 2 is 2.07 bits per heavy atom. The van der Waals surface area contributed by atoms with Crippen LogP contribution in [0.5, 0.6) is 0 Å². The van der Waals surface area contributed by atoms with Crippen molar-refractivity contribution in [1.29, 1.82) is 0 Å². The highest BCUT2D eigenvalue weighted by Crippen LogP contribution is 2.13. The second-order valence-electron chi connectivity index (χ2n) is 6.62. The Hall–Kier alpha value is -3.81. The molecule has 0 saturated carbocycles. The van der Waals surface area contributed by atoms with Gasteiger partial charge in [-0.05, 0) is 32.0 Å². The van der Waals surface area contributed by atoms with E-state index in [2.05, 4.69) is 20.3 Å². The molecule has 0 atom stereocenters. The number of carbonyl (C=O) groups is 1. The third-order valence-corrected chi connectivity index (χ3v) is 4.70. The maximum atomic E-state index is 12.9. The number of hydrogen-bond donors (Lipinski definition) is 1. The zero-order valence-corrected chi connectivity index (χ0v) is 16.2. The largest absolute Gasteiger partial charge is 0.348 e. The summed E-state index contributed by atoms with van der Waals surface area (Å²) in [4.78, 5) is 38.6. The van der Waals surface area contributed by atoms with Crippen molar-refractivity contribution in [2.45, 2.75) is 26.9 Å². The van der Waals surface area contributed by atoms with Crippen LogP contribution in [0.1, 0.15) is 28.5 Å². The lowest BCUT2D eigenvalue weighted by Gasteiger charge is -2.13. The summed E-state index contributed by atoms with van der Waals surface area (Å²) in [5.74, 6) is 0.245. The molecule has 0 bridgehead atoms. The van der Waals surface area contributed by atoms with Crippen molar-refractivity contribution in [3.05, 3.63) is 82.4 Å². The highest BCUT2D eigenvalue weighted by atomic mass is 16.2. The molecule has 0 unspecified atom stereocenters. The molecular weight excluding hydrogens is 368 g/mol. The minimum Gasteiger partial charge on any atom is -0.348 e. The van der Waals surface area contributed by atoms with Crippen molar-refractivity contribution in [3.63, 3.8) is 0 Å². The molecule has 0 saturated heterocycles. The first-order valence-corrected chi connectivity index (χ1v) is 9.29. The summed E-state index contributed by atoms with van der Waals surface area (Å²) in [6.07, 6.45) is 8.35. The number of aryl methyl sites for hydroxylation is 2. The van der Waals surface area contributed by atoms with Gasteiger partial charge >= 0.3 is 0 Å². The van der Waals surface area contributed by atoms with Gasteiger partial charge in [0.25, 0.3) is 5.91 Å². The molecule has 0 radical (unpaired) electrons. The lowest BCUT2D eigenvalue weighted by molar-refractivity contribution is 0.0949. The molecule has 4 rings (SSSR count). The number of amides is 1. The Kier molecular flexibility index (Phi) is 4.90. The molecule has 0 aliphatic carbocycles. The number of nitrogens with one attached hydrogen (secondary N) is 1. The van der Waals surface area contributed by atoms with Gasteiger partial charge < -0.3 is 9.88 Å². The first-order chi connectivity index (χ1) is 14.1. The van der Waals surface area contributed by atoms with Crippen molar-refractivity contribution in [3.8, 4) is 5.82 Å². The number of carbonyl (C=O) groups excluding carboxylic acids is 1. The first kappa shape index (κ1) is 18.5. The Morgan fingerprint density at radius 3 is 2.83 bits per heavy atom. The van der Waals surface area contributed by atoms with Gasteiger partial charge in [-0.15, -0.1) is 0 Å². The third-order valence-electron chi connectivity index (χ3n) is 4.70. The molecule has 4 aromatic heterocycles. The number of pyridine rings is 3. The van der Waals surface area contributed by atoms with Gasteiger partial charge in [0.1, 0.15) is 23.4 Å². The molecule has 0 fully saturated rings. The van der Waals surface area contributed by atoms with Gasteiger partial charge in [0.2, 0.25) is 5.43 Å². The zero-order chi connectivity index (χ0) is 20.4. The highest BCUT2D eigenvalue weighted by Gasteiger charge is 2.16. The van der Waals surface area contributed by atoms with E-state index in [1.165, 1.54) is 0 Å². The van der Waals surface area contributed by atoms with Crippen LogP contribution in [0.15, 0.2) is 60.2 Å². The summed E-state index contributed by atoms with van der Waals surface area (Å²) in [5.41, 5.74) is 1.99. The van der Waals surface area contributed by atoms with Gasteiger partial charge in [-0.25, -0.2) is 15.0 Å². The zero-order valence-electron chi connectivity index (χ0n) is 16.2. The molecular formula is C21H20N6O2. The van der Waals surface area contributed by atoms with E-state index in [-0.39, 0.29) is 17.5 Å². The fraction of sp³-hybridized carbons (Fsp3) is 0.190. The smallest absolute Gasteiger partial charge is 0.257 e. The van der Waals surface area contributed by atoms with Crippen molar-refractivity contribution in [2.24, 2.45) is 0 Å². The average Bonchev–Trinajstić information content (AvgIpc) is 3.27. The van der Waals surface area contributed by atoms with Crippen molar-refractivity contribution < 1.29 is 4.79 Å². The molecule has 8 heteroatoms. The molecule has 8 nitrogen and oxygen atoms in total. The Morgan fingerprint density at radius 1 is 1.21 bits per heavy atom. The quantitative estimate of drug-likeness (QED) is 0.566. The minimum absolute atomic E-state index is 0.0954. The number of rotatable bonds is 5. The number of aromatic nitrogens is 5. The summed E-state index contributed by atoms with van der Waals surface area (Å²) >= 11 is 0. The average molecular weight is 388 g/mol. The van der Waals surface area contributed by atoms with Crippen LogP contribution in [0, 0.1) is 6.92 Å². The highest BCUT2D eigenvalue weighted by molar-refractivity contribution is 5.96. The predicted molar refractivity (Wildman–Crippen MR) is 109 cm³/mol. The van der Waals surface area contributed by atoms with Crippen LogP contribution in [-0.2, 0) is 13.1 Å². The van der Waals surface area contributed by atoms with Crippen molar-refractivity contribution in [2.75, 3.05) is 0 Å². The molecule has 146 valence electrons. The maximum absolute atomic E-state index is 12.9. The van der Waals surface area contributed by atoms with Crippen LogP contribution in [0.4, 0.5) is 0 Å². The molecule has 4 aromatic rings. The van der Waals surface area contributed by atoms with Gasteiger partial charge in [-0.1, -0.05) is 6.07 Å². The maximum Gasteiger partial charge on any atom is 0.257 e. The third kappa shape index (κ3) is 3.52. The first-order valence-electron chi connectivity index (χ1n) is 9.29. The summed E-state index contributed by atoms with van der Waals surface area (Å²) in [7, 11) is 0. The summed E-state index contributed by atoms with van der Waals surface area (Å²) in [6.45, 7) is 4.65. The lowest BCUT2D eigenvalue weighted by Crippen LogP contribution is -2.30. The van der Waals surface area contributed by atoms with Crippen LogP contribution >= 0.6 is 0 Å². The summed E-state index contributed by atoms with van der Waals surface area (Å²) < 4.78 is 3.59. The van der Waals surface area contributed by atoms with E-state index in [9.17, 15) is 9.59 Å². The van der Waals surface area contributed by atoms with Crippen LogP contribution < -0.4 is 10.7 Å². The Labute approximate surface area is 166 Å². The minimum atomic E-state index is -0.430. The van der Waals surface area contributed by atoms with Crippen molar-refractivity contribution >= 4 is 16.9 Å². The van der Waals surface area contributed by atoms with Crippen LogP contribution in [-0.4, -0.2) is 30.0 Å².